The first-order chi connectivity index (χ1) is 13.6. The maximum Gasteiger partial charge on any atom is 0.310 e. The van der Waals surface area contributed by atoms with Crippen LogP contribution < -0.4 is 0 Å². The molecule has 6 nitrogen and oxygen atoms in total. The molecule has 1 aliphatic heterocycles. The molecule has 0 bridgehead atoms. The molecule has 28 heavy (non-hydrogen) atoms. The predicted octanol–water partition coefficient (Wildman–Crippen LogP) is 3.37. The summed E-state index contributed by atoms with van der Waals surface area (Å²) in [5.41, 5.74) is 3.52. The number of hydrogen-bond donors (Lipinski definition) is 0. The standard InChI is InChI=1S/C22H29N3O3/c1-17-20(18(2)25(23-17)19-11-7-6-8-12-19)15-22(27)28-16-21(26)24-13-9-4-3-5-10-14-24/h6-8,11-12H,3-5,9-10,13-16H2,1-2H3. The van der Waals surface area contributed by atoms with Crippen LogP contribution in [0.4, 0.5) is 0 Å². The van der Waals surface area contributed by atoms with Crippen molar-refractivity contribution in [3.63, 3.8) is 0 Å². The van der Waals surface area contributed by atoms with Crippen molar-refractivity contribution < 1.29 is 14.3 Å². The minimum absolute atomic E-state index is 0.0938. The molecule has 0 N–H and O–H groups in total. The van der Waals surface area contributed by atoms with E-state index in [1.54, 1.807) is 0 Å². The van der Waals surface area contributed by atoms with Crippen LogP contribution in [-0.2, 0) is 20.7 Å². The molecule has 0 atom stereocenters. The maximum atomic E-state index is 12.4. The number of carbonyl (C=O) groups excluding carboxylic acids is 2. The Morgan fingerprint density at radius 3 is 2.32 bits per heavy atom. The highest BCUT2D eigenvalue weighted by atomic mass is 16.5. The molecule has 6 heteroatoms. The molecular formula is C22H29N3O3. The largest absolute Gasteiger partial charge is 0.455 e. The summed E-state index contributed by atoms with van der Waals surface area (Å²) < 4.78 is 7.13. The number of esters is 1. The smallest absolute Gasteiger partial charge is 0.310 e. The van der Waals surface area contributed by atoms with E-state index in [4.69, 9.17) is 4.74 Å². The lowest BCUT2D eigenvalue weighted by Gasteiger charge is -2.24. The van der Waals surface area contributed by atoms with Gasteiger partial charge >= 0.3 is 5.97 Å². The highest BCUT2D eigenvalue weighted by molar-refractivity contribution is 5.81. The van der Waals surface area contributed by atoms with Crippen molar-refractivity contribution in [2.75, 3.05) is 19.7 Å². The first kappa shape index (κ1) is 20.1. The molecule has 2 heterocycles. The fourth-order valence-electron chi connectivity index (χ4n) is 3.68. The number of aromatic nitrogens is 2. The van der Waals surface area contributed by atoms with Gasteiger partial charge in [0, 0.05) is 24.3 Å². The number of amides is 1. The monoisotopic (exact) mass is 383 g/mol. The molecule has 1 aliphatic rings. The van der Waals surface area contributed by atoms with Gasteiger partial charge in [0.25, 0.3) is 5.91 Å². The molecule has 1 fully saturated rings. The molecule has 0 spiro atoms. The van der Waals surface area contributed by atoms with Crippen molar-refractivity contribution in [1.29, 1.82) is 0 Å². The van der Waals surface area contributed by atoms with Crippen molar-refractivity contribution >= 4 is 11.9 Å². The second-order valence-corrected chi connectivity index (χ2v) is 7.38. The van der Waals surface area contributed by atoms with Crippen LogP contribution >= 0.6 is 0 Å². The number of hydrogen-bond acceptors (Lipinski definition) is 4. The van der Waals surface area contributed by atoms with Gasteiger partial charge in [0.2, 0.25) is 0 Å². The van der Waals surface area contributed by atoms with Crippen molar-refractivity contribution in [3.05, 3.63) is 47.3 Å². The fourth-order valence-corrected chi connectivity index (χ4v) is 3.68. The second-order valence-electron chi connectivity index (χ2n) is 7.38. The molecule has 1 amide bonds. The zero-order valence-corrected chi connectivity index (χ0v) is 16.8. The number of benzene rings is 1. The van der Waals surface area contributed by atoms with E-state index in [0.29, 0.717) is 0 Å². The Kier molecular flexibility index (Phi) is 6.85. The lowest BCUT2D eigenvalue weighted by atomic mass is 10.1. The van der Waals surface area contributed by atoms with Gasteiger partial charge in [0.15, 0.2) is 6.61 Å². The second kappa shape index (κ2) is 9.53. The number of carbonyl (C=O) groups is 2. The lowest BCUT2D eigenvalue weighted by Crippen LogP contribution is -2.37. The van der Waals surface area contributed by atoms with Gasteiger partial charge in [-0.3, -0.25) is 9.59 Å². The summed E-state index contributed by atoms with van der Waals surface area (Å²) in [5, 5.41) is 4.56. The third kappa shape index (κ3) is 5.00. The van der Waals surface area contributed by atoms with Crippen molar-refractivity contribution in [2.24, 2.45) is 0 Å². The highest BCUT2D eigenvalue weighted by Crippen LogP contribution is 2.19. The van der Waals surface area contributed by atoms with Crippen molar-refractivity contribution in [2.45, 2.75) is 52.4 Å². The molecular weight excluding hydrogens is 354 g/mol. The van der Waals surface area contributed by atoms with E-state index in [2.05, 4.69) is 5.10 Å². The average molecular weight is 383 g/mol. The van der Waals surface area contributed by atoms with Gasteiger partial charge in [0.05, 0.1) is 17.8 Å². The highest BCUT2D eigenvalue weighted by Gasteiger charge is 2.19. The quantitative estimate of drug-likeness (QED) is 0.743. The summed E-state index contributed by atoms with van der Waals surface area (Å²) in [6.45, 7) is 5.18. The van der Waals surface area contributed by atoms with E-state index in [0.717, 1.165) is 61.4 Å². The van der Waals surface area contributed by atoms with Gasteiger partial charge in [-0.05, 0) is 38.8 Å². The third-order valence-electron chi connectivity index (χ3n) is 5.33. The van der Waals surface area contributed by atoms with Crippen LogP contribution in [0.3, 0.4) is 0 Å². The number of para-hydroxylation sites is 1. The van der Waals surface area contributed by atoms with Gasteiger partial charge in [-0.1, -0.05) is 37.5 Å². The number of likely N-dealkylation sites (tertiary alicyclic amines) is 1. The number of aryl methyl sites for hydroxylation is 1. The van der Waals surface area contributed by atoms with Gasteiger partial charge < -0.3 is 9.64 Å². The predicted molar refractivity (Wildman–Crippen MR) is 107 cm³/mol. The molecule has 1 aromatic carbocycles. The van der Waals surface area contributed by atoms with Crippen LogP contribution in [0.25, 0.3) is 5.69 Å². The Bertz CT molecular complexity index is 806. The minimum atomic E-state index is -0.390. The maximum absolute atomic E-state index is 12.4. The number of nitrogens with zero attached hydrogens (tertiary/aromatic N) is 3. The van der Waals surface area contributed by atoms with Crippen LogP contribution in [0.5, 0.6) is 0 Å². The van der Waals surface area contributed by atoms with E-state index in [1.165, 1.54) is 6.42 Å². The van der Waals surface area contributed by atoms with Crippen LogP contribution in [0.1, 0.15) is 49.1 Å². The normalized spacial score (nSPS) is 15.0. The first-order valence-corrected chi connectivity index (χ1v) is 10.1. The van der Waals surface area contributed by atoms with Crippen LogP contribution in [0, 0.1) is 13.8 Å². The Labute approximate surface area is 166 Å². The Morgan fingerprint density at radius 2 is 1.64 bits per heavy atom. The van der Waals surface area contributed by atoms with E-state index in [-0.39, 0.29) is 24.9 Å². The van der Waals surface area contributed by atoms with Gasteiger partial charge in [-0.25, -0.2) is 4.68 Å². The third-order valence-corrected chi connectivity index (χ3v) is 5.33. The molecule has 3 rings (SSSR count). The molecule has 2 aromatic rings. The lowest BCUT2D eigenvalue weighted by molar-refractivity contribution is -0.151. The summed E-state index contributed by atoms with van der Waals surface area (Å²) in [4.78, 5) is 26.5. The van der Waals surface area contributed by atoms with E-state index < -0.39 is 0 Å². The Balaban J connectivity index is 1.57. The summed E-state index contributed by atoms with van der Waals surface area (Å²) >= 11 is 0. The Hall–Kier alpha value is -2.63. The van der Waals surface area contributed by atoms with Crippen molar-refractivity contribution in [1.82, 2.24) is 14.7 Å². The zero-order chi connectivity index (χ0) is 19.9. The molecule has 1 aromatic heterocycles. The summed E-state index contributed by atoms with van der Waals surface area (Å²) in [7, 11) is 0. The summed E-state index contributed by atoms with van der Waals surface area (Å²) in [5.74, 6) is -0.483. The molecule has 0 unspecified atom stereocenters. The fraction of sp³-hybridized carbons (Fsp3) is 0.500. The Morgan fingerprint density at radius 1 is 1.00 bits per heavy atom. The van der Waals surface area contributed by atoms with E-state index in [1.807, 2.05) is 53.8 Å². The summed E-state index contributed by atoms with van der Waals surface area (Å²) in [6, 6.07) is 9.82. The zero-order valence-electron chi connectivity index (χ0n) is 16.8. The van der Waals surface area contributed by atoms with Crippen LogP contribution in [0.15, 0.2) is 30.3 Å². The molecule has 0 radical (unpaired) electrons. The average Bonchev–Trinajstić information content (AvgIpc) is 2.95. The summed E-state index contributed by atoms with van der Waals surface area (Å²) in [6.07, 6.45) is 5.73. The number of ether oxygens (including phenoxy) is 1. The minimum Gasteiger partial charge on any atom is -0.455 e. The first-order valence-electron chi connectivity index (χ1n) is 10.1. The van der Waals surface area contributed by atoms with Crippen molar-refractivity contribution in [3.8, 4) is 5.69 Å². The molecule has 150 valence electrons. The van der Waals surface area contributed by atoms with E-state index >= 15 is 0 Å². The van der Waals surface area contributed by atoms with Crippen LogP contribution in [0.2, 0.25) is 0 Å². The number of rotatable bonds is 5. The SMILES string of the molecule is Cc1nn(-c2ccccc2)c(C)c1CC(=O)OCC(=O)N1CCCCCCC1. The molecule has 0 aliphatic carbocycles. The molecule has 1 saturated heterocycles. The van der Waals surface area contributed by atoms with Gasteiger partial charge in [0.1, 0.15) is 0 Å². The van der Waals surface area contributed by atoms with E-state index in [9.17, 15) is 9.59 Å². The van der Waals surface area contributed by atoms with Gasteiger partial charge in [-0.15, -0.1) is 0 Å². The van der Waals surface area contributed by atoms with Crippen LogP contribution in [-0.4, -0.2) is 46.3 Å². The topological polar surface area (TPSA) is 64.4 Å². The van der Waals surface area contributed by atoms with Gasteiger partial charge in [-0.2, -0.15) is 5.10 Å². The molecule has 0 saturated carbocycles.